The second-order valence-electron chi connectivity index (χ2n) is 5.10. The topological polar surface area (TPSA) is 58.7 Å². The highest BCUT2D eigenvalue weighted by molar-refractivity contribution is 5.49. The van der Waals surface area contributed by atoms with Gasteiger partial charge in [-0.1, -0.05) is 13.0 Å². The Bertz CT molecular complexity index is 378. The van der Waals surface area contributed by atoms with Gasteiger partial charge in [0.05, 0.1) is 13.7 Å². The molecule has 0 amide bonds. The number of rotatable bonds is 8. The molecule has 1 aromatic rings. The van der Waals surface area contributed by atoms with Crippen molar-refractivity contribution in [2.45, 2.75) is 31.7 Å². The number of anilines is 1. The van der Waals surface area contributed by atoms with Gasteiger partial charge in [0.25, 0.3) is 0 Å². The molecule has 0 bridgehead atoms. The molecule has 1 unspecified atom stereocenters. The first-order valence-electron chi connectivity index (χ1n) is 6.79. The predicted octanol–water partition coefficient (Wildman–Crippen LogP) is 2.01. The predicted molar refractivity (Wildman–Crippen MR) is 79.8 cm³/mol. The van der Waals surface area contributed by atoms with Crippen molar-refractivity contribution in [2.75, 3.05) is 32.2 Å². The lowest BCUT2D eigenvalue weighted by Gasteiger charge is -2.27. The zero-order valence-corrected chi connectivity index (χ0v) is 12.2. The van der Waals surface area contributed by atoms with Crippen molar-refractivity contribution in [2.24, 2.45) is 5.73 Å². The van der Waals surface area contributed by atoms with Gasteiger partial charge in [-0.25, -0.2) is 0 Å². The highest BCUT2D eigenvalue weighted by Crippen LogP contribution is 2.21. The summed E-state index contributed by atoms with van der Waals surface area (Å²) in [5, 5.41) is 9.28. The van der Waals surface area contributed by atoms with Gasteiger partial charge in [-0.15, -0.1) is 0 Å². The monoisotopic (exact) mass is 266 g/mol. The van der Waals surface area contributed by atoms with Crippen molar-refractivity contribution < 1.29 is 9.84 Å². The molecule has 1 rings (SSSR count). The van der Waals surface area contributed by atoms with Gasteiger partial charge < -0.3 is 20.5 Å². The minimum absolute atomic E-state index is 0.0480. The van der Waals surface area contributed by atoms with E-state index in [1.165, 1.54) is 0 Å². The van der Waals surface area contributed by atoms with Crippen LogP contribution in [0.3, 0.4) is 0 Å². The maximum atomic E-state index is 9.28. The average Bonchev–Trinajstić information content (AvgIpc) is 2.46. The van der Waals surface area contributed by atoms with Gasteiger partial charge in [-0.2, -0.15) is 0 Å². The normalized spacial score (nSPS) is 13.9. The molecule has 1 aromatic carbocycles. The number of aliphatic hydroxyl groups excluding tert-OH is 1. The Hall–Kier alpha value is -1.26. The molecule has 108 valence electrons. The molecular weight excluding hydrogens is 240 g/mol. The summed E-state index contributed by atoms with van der Waals surface area (Å²) in [7, 11) is 3.72. The highest BCUT2D eigenvalue weighted by atomic mass is 16.5. The maximum Gasteiger partial charge on any atom is 0.120 e. The molecule has 0 saturated heterocycles. The standard InChI is InChI=1S/C15H26N2O2/c1-4-15(16,12-18)9-6-10-17(2)13-7-5-8-14(11-13)19-3/h5,7-8,11,18H,4,6,9-10,12,16H2,1-3H3. The third-order valence-corrected chi connectivity index (χ3v) is 3.68. The molecule has 0 radical (unpaired) electrons. The fourth-order valence-corrected chi connectivity index (χ4v) is 2.01. The Kier molecular flexibility index (Phi) is 6.12. The van der Waals surface area contributed by atoms with Crippen LogP contribution < -0.4 is 15.4 Å². The van der Waals surface area contributed by atoms with E-state index >= 15 is 0 Å². The summed E-state index contributed by atoms with van der Waals surface area (Å²) in [5.74, 6) is 0.862. The Balaban J connectivity index is 2.48. The number of nitrogens with zero attached hydrogens (tertiary/aromatic N) is 1. The summed E-state index contributed by atoms with van der Waals surface area (Å²) < 4.78 is 5.22. The smallest absolute Gasteiger partial charge is 0.120 e. The lowest BCUT2D eigenvalue weighted by Crippen LogP contribution is -2.43. The average molecular weight is 266 g/mol. The van der Waals surface area contributed by atoms with Crippen molar-refractivity contribution >= 4 is 5.69 Å². The molecule has 19 heavy (non-hydrogen) atoms. The Labute approximate surface area is 116 Å². The second kappa shape index (κ2) is 7.36. The zero-order chi connectivity index (χ0) is 14.3. The Morgan fingerprint density at radius 2 is 2.16 bits per heavy atom. The van der Waals surface area contributed by atoms with Crippen molar-refractivity contribution in [3.8, 4) is 5.75 Å². The minimum atomic E-state index is -0.435. The van der Waals surface area contributed by atoms with Crippen molar-refractivity contribution in [1.82, 2.24) is 0 Å². The van der Waals surface area contributed by atoms with E-state index in [2.05, 4.69) is 18.0 Å². The first-order valence-corrected chi connectivity index (χ1v) is 6.79. The number of hydrogen-bond acceptors (Lipinski definition) is 4. The first kappa shape index (κ1) is 15.8. The number of nitrogens with two attached hydrogens (primary N) is 1. The van der Waals surface area contributed by atoms with E-state index in [0.29, 0.717) is 0 Å². The van der Waals surface area contributed by atoms with Crippen molar-refractivity contribution in [1.29, 1.82) is 0 Å². The van der Waals surface area contributed by atoms with Crippen LogP contribution in [0.4, 0.5) is 5.69 Å². The van der Waals surface area contributed by atoms with Crippen LogP contribution in [-0.2, 0) is 0 Å². The molecule has 4 heteroatoms. The third-order valence-electron chi connectivity index (χ3n) is 3.68. The largest absolute Gasteiger partial charge is 0.497 e. The van der Waals surface area contributed by atoms with Gasteiger partial charge in [0.1, 0.15) is 5.75 Å². The van der Waals surface area contributed by atoms with E-state index in [1.54, 1.807) is 7.11 Å². The molecule has 0 fully saturated rings. The lowest BCUT2D eigenvalue weighted by atomic mass is 9.92. The van der Waals surface area contributed by atoms with Gasteiger partial charge in [-0.05, 0) is 31.4 Å². The van der Waals surface area contributed by atoms with Gasteiger partial charge in [0.2, 0.25) is 0 Å². The summed E-state index contributed by atoms with van der Waals surface area (Å²) in [6.45, 7) is 2.97. The molecule has 4 nitrogen and oxygen atoms in total. The molecule has 0 aliphatic rings. The molecular formula is C15H26N2O2. The zero-order valence-electron chi connectivity index (χ0n) is 12.2. The van der Waals surface area contributed by atoms with Crippen molar-refractivity contribution in [3.05, 3.63) is 24.3 Å². The van der Waals surface area contributed by atoms with Crippen LogP contribution in [-0.4, -0.2) is 38.0 Å². The molecule has 0 aliphatic heterocycles. The van der Waals surface area contributed by atoms with Crippen LogP contribution >= 0.6 is 0 Å². The van der Waals surface area contributed by atoms with E-state index in [4.69, 9.17) is 10.5 Å². The van der Waals surface area contributed by atoms with Crippen LogP contribution in [0.1, 0.15) is 26.2 Å². The van der Waals surface area contributed by atoms with Gasteiger partial charge in [0, 0.05) is 30.9 Å². The molecule has 3 N–H and O–H groups in total. The third kappa shape index (κ3) is 4.73. The van der Waals surface area contributed by atoms with E-state index < -0.39 is 5.54 Å². The molecule has 0 aromatic heterocycles. The van der Waals surface area contributed by atoms with E-state index in [0.717, 1.165) is 37.2 Å². The lowest BCUT2D eigenvalue weighted by molar-refractivity contribution is 0.181. The number of hydrogen-bond donors (Lipinski definition) is 2. The van der Waals surface area contributed by atoms with Gasteiger partial charge in [0.15, 0.2) is 0 Å². The molecule has 0 heterocycles. The summed E-state index contributed by atoms with van der Waals surface area (Å²) in [5.41, 5.74) is 6.77. The second-order valence-corrected chi connectivity index (χ2v) is 5.10. The maximum absolute atomic E-state index is 9.28. The fourth-order valence-electron chi connectivity index (χ4n) is 2.01. The number of benzene rings is 1. The van der Waals surface area contributed by atoms with Crippen LogP contribution in [0.5, 0.6) is 5.75 Å². The molecule has 0 spiro atoms. The summed E-state index contributed by atoms with van der Waals surface area (Å²) in [4.78, 5) is 2.18. The summed E-state index contributed by atoms with van der Waals surface area (Å²) in [6.07, 6.45) is 2.58. The Morgan fingerprint density at radius 1 is 1.42 bits per heavy atom. The first-order chi connectivity index (χ1) is 9.04. The molecule has 0 saturated carbocycles. The highest BCUT2D eigenvalue weighted by Gasteiger charge is 2.20. The van der Waals surface area contributed by atoms with E-state index in [-0.39, 0.29) is 6.61 Å². The van der Waals surface area contributed by atoms with Gasteiger partial charge in [-0.3, -0.25) is 0 Å². The van der Waals surface area contributed by atoms with E-state index in [1.807, 2.05) is 25.1 Å². The van der Waals surface area contributed by atoms with Crippen LogP contribution in [0.25, 0.3) is 0 Å². The summed E-state index contributed by atoms with van der Waals surface area (Å²) >= 11 is 0. The van der Waals surface area contributed by atoms with E-state index in [9.17, 15) is 5.11 Å². The molecule has 0 aliphatic carbocycles. The van der Waals surface area contributed by atoms with Gasteiger partial charge >= 0.3 is 0 Å². The summed E-state index contributed by atoms with van der Waals surface area (Å²) in [6, 6.07) is 7.99. The van der Waals surface area contributed by atoms with Crippen molar-refractivity contribution in [3.63, 3.8) is 0 Å². The number of ether oxygens (including phenoxy) is 1. The minimum Gasteiger partial charge on any atom is -0.497 e. The van der Waals surface area contributed by atoms with Crippen LogP contribution in [0.2, 0.25) is 0 Å². The quantitative estimate of drug-likeness (QED) is 0.755. The van der Waals surface area contributed by atoms with Crippen LogP contribution in [0.15, 0.2) is 24.3 Å². The number of methoxy groups -OCH3 is 1. The number of aliphatic hydroxyl groups is 1. The van der Waals surface area contributed by atoms with Crippen LogP contribution in [0, 0.1) is 0 Å². The Morgan fingerprint density at radius 3 is 2.74 bits per heavy atom. The SMILES string of the molecule is CCC(N)(CO)CCCN(C)c1cccc(OC)c1. The molecule has 1 atom stereocenters. The fraction of sp³-hybridized carbons (Fsp3) is 0.600.